The monoisotopic (exact) mass is 2190 g/mol. The van der Waals surface area contributed by atoms with Crippen LogP contribution >= 0.6 is 0 Å². The summed E-state index contributed by atoms with van der Waals surface area (Å²) >= 11 is 0. The zero-order valence-electron chi connectivity index (χ0n) is 50.1. The number of hydrogen-bond acceptors (Lipinski definition) is 26. The van der Waals surface area contributed by atoms with Gasteiger partial charge < -0.3 is 109 Å². The first-order valence-corrected chi connectivity index (χ1v) is 26.5. The van der Waals surface area contributed by atoms with Crippen LogP contribution in [0.4, 0.5) is 14.4 Å². The number of carbonyl (C=O) groups excluding carboxylic acids is 3. The Kier molecular flexibility index (Phi) is 115. The fraction of sp³-hybridized carbons (Fsp3) is 0.533. The molecule has 0 unspecified atom stereocenters. The Balaban J connectivity index is -0.0000000747. The predicted octanol–water partition coefficient (Wildman–Crippen LogP) is 17.8. The molecule has 0 aromatic heterocycles. The van der Waals surface area contributed by atoms with Crippen LogP contribution in [0.1, 0.15) is 128 Å². The molecule has 4 aromatic carbocycles. The van der Waals surface area contributed by atoms with Crippen molar-refractivity contribution >= 4 is 30.6 Å². The van der Waals surface area contributed by atoms with E-state index in [2.05, 4.69) is 0 Å². The van der Waals surface area contributed by atoms with Gasteiger partial charge >= 0.3 is 18.5 Å². The van der Waals surface area contributed by atoms with E-state index >= 15 is 0 Å². The minimum absolute atomic E-state index is 0. The van der Waals surface area contributed by atoms with Gasteiger partial charge in [0, 0.05) is 113 Å². The van der Waals surface area contributed by atoms with Crippen LogP contribution < -0.4 is 23.7 Å². The van der Waals surface area contributed by atoms with Crippen molar-refractivity contribution in [3.8, 4) is 28.7 Å². The van der Waals surface area contributed by atoms with Crippen molar-refractivity contribution in [1.82, 2.24) is 0 Å². The van der Waals surface area contributed by atoms with Gasteiger partial charge in [-0.3, -0.25) is 0 Å². The van der Waals surface area contributed by atoms with Gasteiger partial charge in [-0.2, -0.15) is 0 Å². The minimum Gasteiger partial charge on any atom is -0.475 e. The topological polar surface area (TPSA) is 263 Å². The van der Waals surface area contributed by atoms with Crippen molar-refractivity contribution < 1.29 is 208 Å². The Hall–Kier alpha value is -4.40. The Morgan fingerprint density at radius 1 is 0.324 bits per heavy atom. The van der Waals surface area contributed by atoms with Gasteiger partial charge in [-0.15, -0.1) is 0 Å². The summed E-state index contributed by atoms with van der Waals surface area (Å²) in [5.41, 5.74) is 2.86. The Bertz CT molecular complexity index is 2480. The normalized spacial score (nSPS) is 12.0. The van der Waals surface area contributed by atoms with E-state index in [0.29, 0.717) is 109 Å². The predicted molar refractivity (Wildman–Crippen MR) is 401 cm³/mol. The molecule has 4 aliphatic heterocycles. The Labute approximate surface area is 692 Å². The van der Waals surface area contributed by atoms with E-state index in [1.165, 1.54) is 19.3 Å². The average Bonchev–Trinajstić information content (AvgIpc) is 0.929. The summed E-state index contributed by atoms with van der Waals surface area (Å²) in [5.74, 6) is 7.20. The van der Waals surface area contributed by atoms with Crippen LogP contribution in [0.15, 0.2) is 110 Å². The van der Waals surface area contributed by atoms with E-state index in [1.807, 2.05) is 30.3 Å². The van der Waals surface area contributed by atoms with Crippen LogP contribution in [-0.2, 0) is 176 Å². The van der Waals surface area contributed by atoms with E-state index < -0.39 is 18.5 Å². The van der Waals surface area contributed by atoms with Gasteiger partial charge in [-0.1, -0.05) is 227 Å². The van der Waals surface area contributed by atoms with E-state index in [0.717, 1.165) is 40.2 Å². The van der Waals surface area contributed by atoms with Crippen LogP contribution in [-0.4, -0.2) is 181 Å². The van der Waals surface area contributed by atoms with Crippen molar-refractivity contribution in [3.63, 3.8) is 0 Å². The van der Waals surface area contributed by atoms with Gasteiger partial charge in [0.15, 0.2) is 47.6 Å². The molecule has 0 spiro atoms. The number of ether oxygens (including phenoxy) is 23. The molecule has 105 heavy (non-hydrogen) atoms. The van der Waals surface area contributed by atoms with Crippen molar-refractivity contribution in [2.24, 2.45) is 0 Å². The van der Waals surface area contributed by atoms with Crippen LogP contribution in [0.25, 0.3) is 12.2 Å². The van der Waals surface area contributed by atoms with Crippen molar-refractivity contribution in [2.45, 2.75) is 118 Å². The number of methoxy groups -OCH3 is 4. The smallest absolute Gasteiger partial charge is 0.475 e. The summed E-state index contributed by atoms with van der Waals surface area (Å²) in [7, 11) is 6.22. The largest absolute Gasteiger partial charge is 0.515 e. The van der Waals surface area contributed by atoms with Gasteiger partial charge in [-0.05, 0) is 89.5 Å². The SMILES string of the molecule is C.C.C.C.C.C.C.C.C.C.C.C.C.C.C.COCOC=Cc1ccc(OC(=O)OCOC[C-]2COC2)cc1.COCOC=Cc1ccc(OCOC[C-]2COC2)cc1.COCOCc1ccc(OC(=O)OCOC[C-]2COC2)cc1.COCOc1ccc(OC(=O)OCOC[C-]2COC2)cc1.[W].[W].[W].[W]. The first kappa shape index (κ1) is 136. The molecule has 0 radical (unpaired) electrons. The maximum Gasteiger partial charge on any atom is 0.515 e. The summed E-state index contributed by atoms with van der Waals surface area (Å²) in [6.07, 6.45) is 4.29. The molecule has 4 saturated heterocycles. The summed E-state index contributed by atoms with van der Waals surface area (Å²) < 4.78 is 115. The molecule has 8 rings (SSSR count). The third kappa shape index (κ3) is 65.2. The molecule has 0 atom stereocenters. The third-order valence-electron chi connectivity index (χ3n) is 10.8. The first-order valence-electron chi connectivity index (χ1n) is 26.5. The fourth-order valence-electron chi connectivity index (χ4n) is 6.24. The van der Waals surface area contributed by atoms with Crippen LogP contribution in [0.5, 0.6) is 28.7 Å². The van der Waals surface area contributed by atoms with E-state index in [9.17, 15) is 14.4 Å². The zero-order chi connectivity index (χ0) is 60.9. The second kappa shape index (κ2) is 88.5. The van der Waals surface area contributed by atoms with Crippen molar-refractivity contribution in [3.05, 3.63) is 150 Å². The number of rotatable bonds is 35. The van der Waals surface area contributed by atoms with E-state index in [1.54, 1.807) is 106 Å². The number of carbonyl (C=O) groups is 3. The Morgan fingerprint density at radius 2 is 0.581 bits per heavy atom. The molecule has 4 aromatic rings. The third-order valence-corrected chi connectivity index (χ3v) is 10.8. The average molecular weight is 2190 g/mol. The molecular weight excluding hydrogens is 2050 g/mol. The molecule has 4 fully saturated rings. The van der Waals surface area contributed by atoms with Crippen molar-refractivity contribution in [1.29, 1.82) is 0 Å². The standard InChI is InChI=1S/C16H19O7.C15H19O7.C15H19O5.C14H17O7.15CH4.4W/c1-18-11-19-7-6-13-2-4-15(5-3-13)23-16(17)22-12-21-10-14-8-20-9-14;1-17-10-19-6-12-2-4-14(5-3-12)22-15(16)21-11-20-9-13-7-18-8-13;1-16-11-17-7-6-13-2-4-15(5-3-13)20-12-19-10-14-8-18-9-14;1-16-9-19-12-2-4-13(5-3-12)21-14(15)20-10-18-8-11-6-17-7-11;;;;;;;;;;;;;;;;;;;/h2-7H,8-12H2,1H3;2-5H,6-11H2,1H3;2-7H,8-12H2,1H3;2-5H,6-10H2,1H3;15*1H4;;;;/q4*-1;;;;;;;;;;;;;;;;;;;. The fourth-order valence-corrected chi connectivity index (χ4v) is 6.24. The maximum atomic E-state index is 11.5. The minimum atomic E-state index is -0.824. The molecular formula is C75H134O26W4-4. The van der Waals surface area contributed by atoms with E-state index in [-0.39, 0.29) is 250 Å². The molecule has 0 N–H and O–H groups in total. The number of benzene rings is 4. The van der Waals surface area contributed by atoms with Gasteiger partial charge in [0.05, 0.1) is 19.1 Å². The van der Waals surface area contributed by atoms with Gasteiger partial charge in [0.1, 0.15) is 35.5 Å². The Morgan fingerprint density at radius 3 is 0.867 bits per heavy atom. The quantitative estimate of drug-likeness (QED) is 0.00788. The van der Waals surface area contributed by atoms with Crippen LogP contribution in [0.2, 0.25) is 0 Å². The molecule has 0 bridgehead atoms. The summed E-state index contributed by atoms with van der Waals surface area (Å²) in [6, 6.07) is 27.9. The molecule has 0 aliphatic carbocycles. The molecule has 4 heterocycles. The summed E-state index contributed by atoms with van der Waals surface area (Å²) in [4.78, 5) is 34.3. The van der Waals surface area contributed by atoms with Crippen molar-refractivity contribution in [2.75, 3.05) is 162 Å². The van der Waals surface area contributed by atoms with Gasteiger partial charge in [0.2, 0.25) is 0 Å². The maximum absolute atomic E-state index is 11.5. The summed E-state index contributed by atoms with van der Waals surface area (Å²) in [6.45, 7) is 8.06. The molecule has 618 valence electrons. The number of hydrogen-bond donors (Lipinski definition) is 0. The first-order chi connectivity index (χ1) is 42.2. The molecule has 30 heteroatoms. The summed E-state index contributed by atoms with van der Waals surface area (Å²) in [5, 5.41) is 0. The second-order valence-corrected chi connectivity index (χ2v) is 17.8. The van der Waals surface area contributed by atoms with E-state index in [4.69, 9.17) is 109 Å². The second-order valence-electron chi connectivity index (χ2n) is 17.8. The molecule has 4 aliphatic rings. The molecule has 0 amide bonds. The molecule has 0 saturated carbocycles. The van der Waals surface area contributed by atoms with Crippen LogP contribution in [0, 0.1) is 23.7 Å². The van der Waals surface area contributed by atoms with Gasteiger partial charge in [0.25, 0.3) is 0 Å². The zero-order valence-corrected chi connectivity index (χ0v) is 61.9. The van der Waals surface area contributed by atoms with Gasteiger partial charge in [-0.25, -0.2) is 38.1 Å². The molecule has 26 nitrogen and oxygen atoms in total. The van der Waals surface area contributed by atoms with Crippen LogP contribution in [0.3, 0.4) is 0 Å².